The monoisotopic (exact) mass is 368 g/mol. The molecule has 0 saturated heterocycles. The number of carbonyl (C=O) groups excluding carboxylic acids is 3. The van der Waals surface area contributed by atoms with E-state index in [-0.39, 0.29) is 24.3 Å². The fraction of sp³-hybridized carbons (Fsp3) is 0.250. The predicted octanol–water partition coefficient (Wildman–Crippen LogP) is 2.19. The summed E-state index contributed by atoms with van der Waals surface area (Å²) in [6.45, 7) is 2.41. The lowest BCUT2D eigenvalue weighted by atomic mass is 10.1. The lowest BCUT2D eigenvalue weighted by Crippen LogP contribution is -2.24. The second kappa shape index (κ2) is 9.38. The van der Waals surface area contributed by atoms with Gasteiger partial charge in [-0.25, -0.2) is 0 Å². The summed E-state index contributed by atoms with van der Waals surface area (Å²) in [5.74, 6) is -0.549. The van der Waals surface area contributed by atoms with E-state index in [1.54, 1.807) is 62.6 Å². The average molecular weight is 368 g/mol. The molecule has 0 atom stereocenters. The molecule has 3 N–H and O–H groups in total. The van der Waals surface area contributed by atoms with Gasteiger partial charge >= 0.3 is 0 Å². The maximum absolute atomic E-state index is 12.2. The smallest absolute Gasteiger partial charge is 0.253 e. The Balaban J connectivity index is 1.95. The standard InChI is InChI=1S/C20H24N4O3/c1-4-21-19(26)14-7-5-10-17(11-14)23-18(25)13-22-16-9-6-8-15(12-16)20(27)24(2)3/h5-12,22H,4,13H2,1-3H3,(H,21,26)(H,23,25). The summed E-state index contributed by atoms with van der Waals surface area (Å²) >= 11 is 0. The van der Waals surface area contributed by atoms with Gasteiger partial charge in [0.15, 0.2) is 0 Å². The molecule has 142 valence electrons. The lowest BCUT2D eigenvalue weighted by Gasteiger charge is -2.12. The molecule has 0 aliphatic carbocycles. The Morgan fingerprint density at radius 2 is 1.56 bits per heavy atom. The Bertz CT molecular complexity index is 833. The van der Waals surface area contributed by atoms with Crippen LogP contribution in [0.15, 0.2) is 48.5 Å². The fourth-order valence-electron chi connectivity index (χ4n) is 2.41. The van der Waals surface area contributed by atoms with E-state index in [0.29, 0.717) is 29.0 Å². The van der Waals surface area contributed by atoms with Crippen LogP contribution in [0.3, 0.4) is 0 Å². The number of rotatable bonds is 7. The molecule has 0 aromatic heterocycles. The highest BCUT2D eigenvalue weighted by molar-refractivity contribution is 5.98. The van der Waals surface area contributed by atoms with Crippen molar-refractivity contribution >= 4 is 29.1 Å². The molecule has 0 fully saturated rings. The summed E-state index contributed by atoms with van der Waals surface area (Å²) in [5.41, 5.74) is 2.24. The summed E-state index contributed by atoms with van der Waals surface area (Å²) in [6.07, 6.45) is 0. The molecule has 0 radical (unpaired) electrons. The normalized spacial score (nSPS) is 10.0. The van der Waals surface area contributed by atoms with Crippen LogP contribution in [0, 0.1) is 0 Å². The first-order chi connectivity index (χ1) is 12.9. The van der Waals surface area contributed by atoms with Gasteiger partial charge in [-0.3, -0.25) is 14.4 Å². The largest absolute Gasteiger partial charge is 0.376 e. The Labute approximate surface area is 158 Å². The molecule has 0 unspecified atom stereocenters. The van der Waals surface area contributed by atoms with Gasteiger partial charge in [0.05, 0.1) is 6.54 Å². The second-order valence-electron chi connectivity index (χ2n) is 6.12. The Kier molecular flexibility index (Phi) is 6.93. The van der Waals surface area contributed by atoms with E-state index < -0.39 is 0 Å². The van der Waals surface area contributed by atoms with E-state index in [1.807, 2.05) is 6.92 Å². The molecule has 2 aromatic carbocycles. The molecule has 2 aromatic rings. The van der Waals surface area contributed by atoms with Crippen molar-refractivity contribution in [3.8, 4) is 0 Å². The average Bonchev–Trinajstić information content (AvgIpc) is 2.66. The molecule has 0 saturated carbocycles. The molecule has 0 aliphatic rings. The number of nitrogens with one attached hydrogen (secondary N) is 3. The van der Waals surface area contributed by atoms with Crippen LogP contribution in [-0.2, 0) is 4.79 Å². The van der Waals surface area contributed by atoms with Gasteiger partial charge in [0.1, 0.15) is 0 Å². The van der Waals surface area contributed by atoms with Crippen LogP contribution in [0.1, 0.15) is 27.6 Å². The van der Waals surface area contributed by atoms with Crippen LogP contribution in [0.25, 0.3) is 0 Å². The predicted molar refractivity (Wildman–Crippen MR) is 106 cm³/mol. The van der Waals surface area contributed by atoms with Gasteiger partial charge in [-0.1, -0.05) is 12.1 Å². The Morgan fingerprint density at radius 1 is 0.926 bits per heavy atom. The molecule has 27 heavy (non-hydrogen) atoms. The Morgan fingerprint density at radius 3 is 2.22 bits per heavy atom. The number of hydrogen-bond donors (Lipinski definition) is 3. The first-order valence-corrected chi connectivity index (χ1v) is 8.64. The zero-order valence-electron chi connectivity index (χ0n) is 15.7. The molecular formula is C20H24N4O3. The maximum atomic E-state index is 12.2. The fourth-order valence-corrected chi connectivity index (χ4v) is 2.41. The van der Waals surface area contributed by atoms with E-state index in [0.717, 1.165) is 0 Å². The molecule has 0 bridgehead atoms. The summed E-state index contributed by atoms with van der Waals surface area (Å²) in [7, 11) is 3.37. The van der Waals surface area contributed by atoms with Crippen molar-refractivity contribution in [2.45, 2.75) is 6.92 Å². The number of amides is 3. The molecule has 7 heteroatoms. The number of anilines is 2. The van der Waals surface area contributed by atoms with Crippen LogP contribution >= 0.6 is 0 Å². The summed E-state index contributed by atoms with van der Waals surface area (Å²) in [4.78, 5) is 37.5. The number of hydrogen-bond acceptors (Lipinski definition) is 4. The van der Waals surface area contributed by atoms with Crippen molar-refractivity contribution in [3.05, 3.63) is 59.7 Å². The molecule has 0 spiro atoms. The SMILES string of the molecule is CCNC(=O)c1cccc(NC(=O)CNc2cccc(C(=O)N(C)C)c2)c1. The quantitative estimate of drug-likeness (QED) is 0.699. The van der Waals surface area contributed by atoms with Crippen molar-refractivity contribution in [1.29, 1.82) is 0 Å². The van der Waals surface area contributed by atoms with Gasteiger partial charge in [0, 0.05) is 43.1 Å². The first kappa shape index (κ1) is 20.0. The zero-order chi connectivity index (χ0) is 19.8. The minimum absolute atomic E-state index is 0.0327. The number of nitrogens with zero attached hydrogens (tertiary/aromatic N) is 1. The highest BCUT2D eigenvalue weighted by Gasteiger charge is 2.10. The van der Waals surface area contributed by atoms with Gasteiger partial charge in [-0.15, -0.1) is 0 Å². The maximum Gasteiger partial charge on any atom is 0.253 e. The third-order valence-electron chi connectivity index (χ3n) is 3.71. The highest BCUT2D eigenvalue weighted by Crippen LogP contribution is 2.13. The minimum atomic E-state index is -0.257. The Hall–Kier alpha value is -3.35. The van der Waals surface area contributed by atoms with E-state index in [2.05, 4.69) is 16.0 Å². The van der Waals surface area contributed by atoms with Crippen LogP contribution in [0.5, 0.6) is 0 Å². The molecule has 7 nitrogen and oxygen atoms in total. The summed E-state index contributed by atoms with van der Waals surface area (Å²) in [6, 6.07) is 13.7. The van der Waals surface area contributed by atoms with E-state index in [1.165, 1.54) is 4.90 Å². The van der Waals surface area contributed by atoms with Gasteiger partial charge in [-0.2, -0.15) is 0 Å². The second-order valence-corrected chi connectivity index (χ2v) is 6.12. The van der Waals surface area contributed by atoms with Gasteiger partial charge in [0.25, 0.3) is 11.8 Å². The molecule has 3 amide bonds. The molecular weight excluding hydrogens is 344 g/mol. The van der Waals surface area contributed by atoms with Crippen molar-refractivity contribution < 1.29 is 14.4 Å². The van der Waals surface area contributed by atoms with Crippen LogP contribution in [-0.4, -0.2) is 49.8 Å². The van der Waals surface area contributed by atoms with Crippen LogP contribution in [0.4, 0.5) is 11.4 Å². The van der Waals surface area contributed by atoms with Crippen molar-refractivity contribution in [2.24, 2.45) is 0 Å². The van der Waals surface area contributed by atoms with Gasteiger partial charge < -0.3 is 20.9 Å². The van der Waals surface area contributed by atoms with Gasteiger partial charge in [0.2, 0.25) is 5.91 Å². The molecule has 0 aliphatic heterocycles. The summed E-state index contributed by atoms with van der Waals surface area (Å²) < 4.78 is 0. The molecule has 2 rings (SSSR count). The highest BCUT2D eigenvalue weighted by atomic mass is 16.2. The summed E-state index contributed by atoms with van der Waals surface area (Å²) in [5, 5.41) is 8.46. The third-order valence-corrected chi connectivity index (χ3v) is 3.71. The van der Waals surface area contributed by atoms with Crippen LogP contribution < -0.4 is 16.0 Å². The molecule has 0 heterocycles. The van der Waals surface area contributed by atoms with Crippen molar-refractivity contribution in [2.75, 3.05) is 37.8 Å². The van der Waals surface area contributed by atoms with Gasteiger partial charge in [-0.05, 0) is 43.3 Å². The van der Waals surface area contributed by atoms with Crippen LogP contribution in [0.2, 0.25) is 0 Å². The van der Waals surface area contributed by atoms with E-state index >= 15 is 0 Å². The number of carbonyl (C=O) groups is 3. The van der Waals surface area contributed by atoms with E-state index in [4.69, 9.17) is 0 Å². The van der Waals surface area contributed by atoms with Crippen molar-refractivity contribution in [1.82, 2.24) is 10.2 Å². The lowest BCUT2D eigenvalue weighted by molar-refractivity contribution is -0.114. The first-order valence-electron chi connectivity index (χ1n) is 8.64. The number of benzene rings is 2. The minimum Gasteiger partial charge on any atom is -0.376 e. The third kappa shape index (κ3) is 5.85. The van der Waals surface area contributed by atoms with E-state index in [9.17, 15) is 14.4 Å². The topological polar surface area (TPSA) is 90.5 Å². The zero-order valence-corrected chi connectivity index (χ0v) is 15.7. The van der Waals surface area contributed by atoms with Crippen molar-refractivity contribution in [3.63, 3.8) is 0 Å².